The van der Waals surface area contributed by atoms with Crippen molar-refractivity contribution in [2.75, 3.05) is 5.32 Å². The smallest absolute Gasteiger partial charge is 0.325 e. The molecule has 1 amide bonds. The van der Waals surface area contributed by atoms with Gasteiger partial charge in [0.15, 0.2) is 5.82 Å². The lowest BCUT2D eigenvalue weighted by Crippen LogP contribution is -2.29. The lowest BCUT2D eigenvalue weighted by molar-refractivity contribution is -0.141. The molecule has 2 aromatic heterocycles. The van der Waals surface area contributed by atoms with Gasteiger partial charge < -0.3 is 5.32 Å². The van der Waals surface area contributed by atoms with E-state index in [1.165, 1.54) is 24.3 Å². The second-order valence-electron chi connectivity index (χ2n) is 8.67. The highest BCUT2D eigenvalue weighted by Gasteiger charge is 2.53. The predicted molar refractivity (Wildman–Crippen MR) is 119 cm³/mol. The molecule has 0 bridgehead atoms. The van der Waals surface area contributed by atoms with Crippen molar-refractivity contribution >= 4 is 11.6 Å². The van der Waals surface area contributed by atoms with Gasteiger partial charge >= 0.3 is 12.4 Å². The zero-order chi connectivity index (χ0) is 27.3. The minimum Gasteiger partial charge on any atom is -0.325 e. The third kappa shape index (κ3) is 4.68. The number of nitrogens with zero attached hydrogens (tertiary/aromatic N) is 4. The van der Waals surface area contributed by atoms with Gasteiger partial charge in [-0.25, -0.2) is 9.49 Å². The molecule has 0 saturated heterocycles. The first-order chi connectivity index (χ1) is 17.9. The number of tetrazole rings is 1. The van der Waals surface area contributed by atoms with Crippen LogP contribution in [0.15, 0.2) is 54.7 Å². The number of nitrogens with one attached hydrogen (secondary N) is 2. The van der Waals surface area contributed by atoms with Gasteiger partial charge in [-0.1, -0.05) is 18.2 Å². The molecule has 0 unspecified atom stereocenters. The van der Waals surface area contributed by atoms with Gasteiger partial charge in [0.25, 0.3) is 0 Å². The Kier molecular flexibility index (Phi) is 5.92. The number of aromatic amines is 1. The maximum atomic E-state index is 14.6. The standard InChI is InChI=1S/C24H15F7N6O/c25-18-9-13(23(26,27)28)2-5-17(18)22(7-8-22)21(38)33-14-3-4-15(16(10-14)20-34-36-37-35-20)12-1-6-19(32-11-12)24(29,30)31/h1-6,9-11H,7-8H2,(H,33,38)(H,34,35,36,37). The van der Waals surface area contributed by atoms with Crippen LogP contribution >= 0.6 is 0 Å². The number of aromatic nitrogens is 5. The average molecular weight is 536 g/mol. The van der Waals surface area contributed by atoms with Crippen LogP contribution in [0.5, 0.6) is 0 Å². The van der Waals surface area contributed by atoms with Gasteiger partial charge in [0.05, 0.1) is 11.0 Å². The molecule has 0 atom stereocenters. The molecule has 7 nitrogen and oxygen atoms in total. The van der Waals surface area contributed by atoms with Crippen molar-refractivity contribution < 1.29 is 35.5 Å². The number of anilines is 1. The number of pyridine rings is 1. The summed E-state index contributed by atoms with van der Waals surface area (Å²) in [6.45, 7) is 0. The number of H-pyrrole nitrogens is 1. The van der Waals surface area contributed by atoms with Crippen LogP contribution in [0.4, 0.5) is 36.4 Å². The number of carbonyl (C=O) groups is 1. The normalized spacial score (nSPS) is 14.8. The van der Waals surface area contributed by atoms with Crippen LogP contribution in [0.25, 0.3) is 22.5 Å². The Morgan fingerprint density at radius 1 is 0.921 bits per heavy atom. The number of rotatable bonds is 5. The molecule has 0 radical (unpaired) electrons. The van der Waals surface area contributed by atoms with Crippen molar-refractivity contribution in [1.82, 2.24) is 25.6 Å². The van der Waals surface area contributed by atoms with Crippen LogP contribution < -0.4 is 5.32 Å². The lowest BCUT2D eigenvalue weighted by Gasteiger charge is -2.18. The quantitative estimate of drug-likeness (QED) is 0.316. The van der Waals surface area contributed by atoms with Crippen molar-refractivity contribution in [1.29, 1.82) is 0 Å². The third-order valence-corrected chi connectivity index (χ3v) is 6.24. The monoisotopic (exact) mass is 536 g/mol. The van der Waals surface area contributed by atoms with E-state index in [0.29, 0.717) is 22.8 Å². The molecule has 1 aliphatic rings. The second-order valence-corrected chi connectivity index (χ2v) is 8.67. The van der Waals surface area contributed by atoms with Gasteiger partial charge in [0.2, 0.25) is 5.91 Å². The van der Waals surface area contributed by atoms with E-state index in [4.69, 9.17) is 0 Å². The molecule has 0 aliphatic heterocycles. The zero-order valence-electron chi connectivity index (χ0n) is 19.0. The first-order valence-electron chi connectivity index (χ1n) is 11.0. The summed E-state index contributed by atoms with van der Waals surface area (Å²) in [5, 5.41) is 16.0. The van der Waals surface area contributed by atoms with E-state index in [-0.39, 0.29) is 29.9 Å². The summed E-state index contributed by atoms with van der Waals surface area (Å²) in [5.74, 6) is -1.61. The van der Waals surface area contributed by atoms with Crippen molar-refractivity contribution in [2.45, 2.75) is 30.6 Å². The minimum absolute atomic E-state index is 0.143. The van der Waals surface area contributed by atoms with Gasteiger partial charge in [0.1, 0.15) is 11.5 Å². The third-order valence-electron chi connectivity index (χ3n) is 6.24. The molecule has 1 fully saturated rings. The first-order valence-corrected chi connectivity index (χ1v) is 11.0. The van der Waals surface area contributed by atoms with Crippen molar-refractivity contribution in [3.63, 3.8) is 0 Å². The maximum absolute atomic E-state index is 14.6. The van der Waals surface area contributed by atoms with Crippen molar-refractivity contribution in [3.8, 4) is 22.5 Å². The van der Waals surface area contributed by atoms with E-state index in [2.05, 4.69) is 30.9 Å². The first kappa shape index (κ1) is 25.3. The molecule has 2 N–H and O–H groups in total. The van der Waals surface area contributed by atoms with Crippen LogP contribution in [0.2, 0.25) is 0 Å². The Hall–Kier alpha value is -4.36. The number of carbonyl (C=O) groups excluding carboxylic acids is 1. The molecule has 2 heterocycles. The molecule has 4 aromatic rings. The number of hydrogen-bond acceptors (Lipinski definition) is 5. The Bertz CT molecular complexity index is 1490. The number of amides is 1. The fourth-order valence-corrected chi connectivity index (χ4v) is 4.14. The van der Waals surface area contributed by atoms with Gasteiger partial charge in [-0.2, -0.15) is 26.3 Å². The summed E-state index contributed by atoms with van der Waals surface area (Å²) in [4.78, 5) is 16.6. The minimum atomic E-state index is -4.73. The summed E-state index contributed by atoms with van der Waals surface area (Å²) < 4.78 is 92.1. The van der Waals surface area contributed by atoms with E-state index < -0.39 is 40.7 Å². The highest BCUT2D eigenvalue weighted by Crippen LogP contribution is 2.50. The van der Waals surface area contributed by atoms with Crippen molar-refractivity contribution in [2.24, 2.45) is 0 Å². The average Bonchev–Trinajstić information content (AvgIpc) is 3.48. The Labute approximate surface area is 209 Å². The van der Waals surface area contributed by atoms with Gasteiger partial charge in [0, 0.05) is 28.6 Å². The molecule has 196 valence electrons. The number of benzene rings is 2. The SMILES string of the molecule is O=C(Nc1ccc(-c2ccc(C(F)(F)F)nc2)c(-c2nnn[nH]2)c1)C1(c2ccc(C(F)(F)F)cc2F)CC1. The van der Waals surface area contributed by atoms with Crippen LogP contribution in [0.1, 0.15) is 29.7 Å². The molecule has 1 aliphatic carbocycles. The molecule has 1 saturated carbocycles. The van der Waals surface area contributed by atoms with E-state index in [1.54, 1.807) is 0 Å². The summed E-state index contributed by atoms with van der Waals surface area (Å²) in [6, 6.07) is 8.56. The van der Waals surface area contributed by atoms with Gasteiger partial charge in [-0.15, -0.1) is 5.10 Å². The number of hydrogen-bond donors (Lipinski definition) is 2. The summed E-state index contributed by atoms with van der Waals surface area (Å²) in [6.07, 6.45) is -7.84. The molecule has 5 rings (SSSR count). The Morgan fingerprint density at radius 3 is 2.24 bits per heavy atom. The summed E-state index contributed by atoms with van der Waals surface area (Å²) >= 11 is 0. The predicted octanol–water partition coefficient (Wildman–Crippen LogP) is 5.78. The molecule has 14 heteroatoms. The number of alkyl halides is 6. The molecular formula is C24H15F7N6O. The zero-order valence-corrected chi connectivity index (χ0v) is 19.0. The fourth-order valence-electron chi connectivity index (χ4n) is 4.14. The van der Waals surface area contributed by atoms with E-state index >= 15 is 0 Å². The number of halogens is 7. The van der Waals surface area contributed by atoms with Crippen LogP contribution in [0.3, 0.4) is 0 Å². The summed E-state index contributed by atoms with van der Waals surface area (Å²) in [5.41, 5.74) is -2.45. The molecule has 0 spiro atoms. The maximum Gasteiger partial charge on any atom is 0.433 e. The van der Waals surface area contributed by atoms with E-state index in [9.17, 15) is 35.5 Å². The van der Waals surface area contributed by atoms with Gasteiger partial charge in [-0.05, 0) is 59.2 Å². The van der Waals surface area contributed by atoms with Crippen LogP contribution in [0, 0.1) is 5.82 Å². The molecular weight excluding hydrogens is 521 g/mol. The Balaban J connectivity index is 1.45. The Morgan fingerprint density at radius 2 is 1.68 bits per heavy atom. The van der Waals surface area contributed by atoms with Crippen LogP contribution in [-0.4, -0.2) is 31.5 Å². The largest absolute Gasteiger partial charge is 0.433 e. The highest BCUT2D eigenvalue weighted by molar-refractivity contribution is 6.02. The summed E-state index contributed by atoms with van der Waals surface area (Å²) in [7, 11) is 0. The topological polar surface area (TPSA) is 96.5 Å². The van der Waals surface area contributed by atoms with E-state index in [0.717, 1.165) is 24.4 Å². The molecule has 38 heavy (non-hydrogen) atoms. The second kappa shape index (κ2) is 8.89. The van der Waals surface area contributed by atoms with E-state index in [1.807, 2.05) is 0 Å². The van der Waals surface area contributed by atoms with Gasteiger partial charge in [-0.3, -0.25) is 9.78 Å². The fraction of sp³-hybridized carbons (Fsp3) is 0.208. The molecule has 2 aromatic carbocycles. The van der Waals surface area contributed by atoms with Crippen LogP contribution in [-0.2, 0) is 22.6 Å². The van der Waals surface area contributed by atoms with Crippen molar-refractivity contribution in [3.05, 3.63) is 77.4 Å². The lowest BCUT2D eigenvalue weighted by atomic mass is 9.92. The highest BCUT2D eigenvalue weighted by atomic mass is 19.4.